The Morgan fingerprint density at radius 2 is 2.00 bits per heavy atom. The van der Waals surface area contributed by atoms with Gasteiger partial charge in [0.05, 0.1) is 0 Å². The van der Waals surface area contributed by atoms with E-state index in [1.807, 2.05) is 0 Å². The van der Waals surface area contributed by atoms with Crippen molar-refractivity contribution in [3.63, 3.8) is 0 Å². The molecule has 2 nitrogen and oxygen atoms in total. The molecule has 0 spiro atoms. The maximum Gasteiger partial charge on any atom is 1.00 e. The molecule has 0 aliphatic heterocycles. The van der Waals surface area contributed by atoms with E-state index < -0.39 is 0 Å². The van der Waals surface area contributed by atoms with Gasteiger partial charge in [-0.3, -0.25) is 0 Å². The summed E-state index contributed by atoms with van der Waals surface area (Å²) < 4.78 is 0. The van der Waals surface area contributed by atoms with Crippen LogP contribution in [0, 0.1) is 0 Å². The van der Waals surface area contributed by atoms with Crippen molar-refractivity contribution >= 4 is 5.94 Å². The Morgan fingerprint density at radius 3 is 2.00 bits per heavy atom. The zero-order valence-electron chi connectivity index (χ0n) is 2.89. The third-order valence-corrected chi connectivity index (χ3v) is 0.0481. The molecule has 0 atom stereocenters. The molecule has 0 fully saturated rings. The van der Waals surface area contributed by atoms with E-state index in [0.29, 0.717) is 0 Å². The molecule has 5 heavy (non-hydrogen) atoms. The minimum absolute atomic E-state index is 0. The number of carbonyl (C=O) groups excluding carboxylic acids is 1. The van der Waals surface area contributed by atoms with Crippen molar-refractivity contribution in [3.05, 3.63) is 6.26 Å². The van der Waals surface area contributed by atoms with E-state index in [1.54, 1.807) is 0 Å². The van der Waals surface area contributed by atoms with Gasteiger partial charge in [-0.1, -0.05) is 6.26 Å². The Balaban J connectivity index is 0. The minimum atomic E-state index is 0. The van der Waals surface area contributed by atoms with Crippen LogP contribution in [0.3, 0.4) is 0 Å². The van der Waals surface area contributed by atoms with Gasteiger partial charge >= 0.3 is 58.2 Å². The van der Waals surface area contributed by atoms with Crippen LogP contribution in [0.15, 0.2) is 6.26 Å². The fraction of sp³-hybridized carbons (Fsp3) is 0. The van der Waals surface area contributed by atoms with E-state index in [-0.39, 0.29) is 64.4 Å². The molecular weight excluding hydrogens is 141 g/mol. The molecule has 22 valence electrons. The summed E-state index contributed by atoms with van der Waals surface area (Å²) in [5.74, 6) is 1.00. The van der Waals surface area contributed by atoms with Crippen molar-refractivity contribution in [1.82, 2.24) is 0 Å². The maximum absolute atomic E-state index is 8.75. The van der Waals surface area contributed by atoms with Gasteiger partial charge < -0.3 is 5.11 Å². The molecule has 0 aromatic rings. The number of hydrogen-bond acceptors (Lipinski definition) is 2. The summed E-state index contributed by atoms with van der Waals surface area (Å²) in [5, 5.41) is 8.75. The topological polar surface area (TPSA) is 40.1 Å². The van der Waals surface area contributed by atoms with Crippen molar-refractivity contribution in [2.45, 2.75) is 0 Å². The van der Waals surface area contributed by atoms with Gasteiger partial charge in [0.15, 0.2) is 0 Å². The predicted molar refractivity (Wildman–Crippen MR) is 10.3 cm³/mol. The first kappa shape index (κ1) is 9.41. The Morgan fingerprint density at radius 1 is 1.80 bits per heavy atom. The first-order valence-electron chi connectivity index (χ1n) is 0.729. The summed E-state index contributed by atoms with van der Waals surface area (Å²) >= 11 is 0. The van der Waals surface area contributed by atoms with Crippen LogP contribution in [0.2, 0.25) is 0 Å². The van der Waals surface area contributed by atoms with Crippen molar-refractivity contribution in [1.29, 1.82) is 0 Å². The fourth-order valence-electron chi connectivity index (χ4n) is 0. The molecule has 0 aliphatic carbocycles. The molecule has 0 aromatic carbocycles. The van der Waals surface area contributed by atoms with Crippen LogP contribution in [-0.2, 0) is 4.79 Å². The van der Waals surface area contributed by atoms with E-state index in [0.717, 1.165) is 5.94 Å². The fourth-order valence-corrected chi connectivity index (χ4v) is 0. The molecule has 0 unspecified atom stereocenters. The van der Waals surface area contributed by atoms with Crippen LogP contribution in [-0.4, -0.2) is 5.94 Å². The van der Waals surface area contributed by atoms with Crippen molar-refractivity contribution in [2.75, 3.05) is 0 Å². The van der Waals surface area contributed by atoms with Crippen LogP contribution >= 0.6 is 0 Å². The molecule has 0 N–H and O–H groups in total. The van der Waals surface area contributed by atoms with Gasteiger partial charge in [0.1, 0.15) is 5.94 Å². The second-order valence-electron chi connectivity index (χ2n) is 0.236. The Kier molecular flexibility index (Phi) is 16.8. The van der Waals surface area contributed by atoms with Gasteiger partial charge in [0.25, 0.3) is 0 Å². The van der Waals surface area contributed by atoms with E-state index in [1.165, 1.54) is 0 Å². The third-order valence-electron chi connectivity index (χ3n) is 0.0481. The second kappa shape index (κ2) is 8.91. The van der Waals surface area contributed by atoms with E-state index >= 15 is 0 Å². The molecule has 3 heteroatoms. The summed E-state index contributed by atoms with van der Waals surface area (Å²) in [5.41, 5.74) is 0. The zero-order chi connectivity index (χ0) is 3.41. The molecule has 0 aliphatic rings. The summed E-state index contributed by atoms with van der Waals surface area (Å²) in [4.78, 5) is 8.68. The molecule has 0 bridgehead atoms. The molecule has 0 rings (SSSR count). The van der Waals surface area contributed by atoms with Crippen LogP contribution in [0.1, 0.15) is 0 Å². The Labute approximate surface area is 78.7 Å². The standard InChI is InChI=1S/C2H2O2.Rb/c3-1-2-4;/h1,3H;/q;+1/p-1. The maximum atomic E-state index is 8.75. The van der Waals surface area contributed by atoms with Crippen LogP contribution < -0.4 is 63.3 Å². The first-order chi connectivity index (χ1) is 1.91. The van der Waals surface area contributed by atoms with E-state index in [4.69, 9.17) is 9.90 Å². The second-order valence-corrected chi connectivity index (χ2v) is 0.236. The van der Waals surface area contributed by atoms with Crippen LogP contribution in [0.5, 0.6) is 0 Å². The third kappa shape index (κ3) is 11.2. The smallest absolute Gasteiger partial charge is 0.870 e. The quantitative estimate of drug-likeness (QED) is 0.254. The van der Waals surface area contributed by atoms with Crippen molar-refractivity contribution in [2.24, 2.45) is 0 Å². The molecule has 0 radical (unpaired) electrons. The number of hydrogen-bond donors (Lipinski definition) is 0. The molecule has 0 heterocycles. The molecule has 0 saturated heterocycles. The van der Waals surface area contributed by atoms with Crippen LogP contribution in [0.25, 0.3) is 0 Å². The average Bonchev–Trinajstić information content (AvgIpc) is 1.37. The molecule has 0 amide bonds. The van der Waals surface area contributed by atoms with Gasteiger partial charge in [-0.15, -0.1) is 0 Å². The molecule has 0 aromatic heterocycles. The van der Waals surface area contributed by atoms with E-state index in [9.17, 15) is 0 Å². The summed E-state index contributed by atoms with van der Waals surface area (Å²) in [6.45, 7) is 0. The number of rotatable bonds is 0. The monoisotopic (exact) mass is 142 g/mol. The molecular formula is C2HO2Rb. The normalized spacial score (nSPS) is 3.20. The van der Waals surface area contributed by atoms with Gasteiger partial charge in [-0.2, -0.15) is 0 Å². The largest absolute Gasteiger partial charge is 1.00 e. The van der Waals surface area contributed by atoms with Crippen LogP contribution in [0.4, 0.5) is 0 Å². The van der Waals surface area contributed by atoms with Crippen molar-refractivity contribution in [3.8, 4) is 0 Å². The SMILES string of the molecule is O=C=C[O-].[Rb+]. The summed E-state index contributed by atoms with van der Waals surface area (Å²) in [6, 6.07) is 0. The van der Waals surface area contributed by atoms with E-state index in [2.05, 4.69) is 0 Å². The minimum Gasteiger partial charge on any atom is -0.870 e. The van der Waals surface area contributed by atoms with Gasteiger partial charge in [0.2, 0.25) is 0 Å². The Bertz CT molecular complexity index is 45.6. The summed E-state index contributed by atoms with van der Waals surface area (Å²) in [7, 11) is 0. The van der Waals surface area contributed by atoms with Gasteiger partial charge in [0, 0.05) is 0 Å². The van der Waals surface area contributed by atoms with Crippen molar-refractivity contribution < 1.29 is 68.1 Å². The first-order valence-corrected chi connectivity index (χ1v) is 0.729. The predicted octanol–water partition coefficient (Wildman–Crippen LogP) is -4.30. The van der Waals surface area contributed by atoms with Gasteiger partial charge in [-0.25, -0.2) is 4.79 Å². The zero-order valence-corrected chi connectivity index (χ0v) is 7.81. The molecule has 0 saturated carbocycles. The summed E-state index contributed by atoms with van der Waals surface area (Å²) in [6.07, 6.45) is 0.0694. The van der Waals surface area contributed by atoms with Gasteiger partial charge in [-0.05, 0) is 0 Å². The average molecular weight is 142 g/mol. The Hall–Kier alpha value is 1.06.